The Labute approximate surface area is 140 Å². The monoisotopic (exact) mass is 340 g/mol. The van der Waals surface area contributed by atoms with Crippen LogP contribution in [0.1, 0.15) is 18.9 Å². The summed E-state index contributed by atoms with van der Waals surface area (Å²) < 4.78 is 29.5. The van der Waals surface area contributed by atoms with Gasteiger partial charge in [-0.1, -0.05) is 37.3 Å². The highest BCUT2D eigenvalue weighted by Gasteiger charge is 2.22. The van der Waals surface area contributed by atoms with Crippen molar-refractivity contribution in [3.8, 4) is 0 Å². The SMILES string of the molecule is CCC(CNS(=O)(=O)NCc1ccccc1)N1CCN(C)CC1. The summed E-state index contributed by atoms with van der Waals surface area (Å²) in [4.78, 5) is 4.68. The second-order valence-electron chi connectivity index (χ2n) is 6.06. The average Bonchev–Trinajstić information content (AvgIpc) is 2.56. The molecule has 0 amide bonds. The van der Waals surface area contributed by atoms with Crippen LogP contribution in [0.3, 0.4) is 0 Å². The third-order valence-corrected chi connectivity index (χ3v) is 5.41. The Morgan fingerprint density at radius 2 is 1.74 bits per heavy atom. The first-order chi connectivity index (χ1) is 11.0. The molecular formula is C16H28N4O2S. The van der Waals surface area contributed by atoms with E-state index in [2.05, 4.69) is 33.2 Å². The van der Waals surface area contributed by atoms with Gasteiger partial charge in [0.15, 0.2) is 0 Å². The molecule has 1 aliphatic rings. The lowest BCUT2D eigenvalue weighted by Gasteiger charge is -2.37. The van der Waals surface area contributed by atoms with E-state index >= 15 is 0 Å². The quantitative estimate of drug-likeness (QED) is 0.729. The van der Waals surface area contributed by atoms with E-state index in [1.807, 2.05) is 30.3 Å². The first kappa shape index (κ1) is 18.4. The molecule has 0 aliphatic carbocycles. The molecule has 0 spiro atoms. The fourth-order valence-corrected chi connectivity index (χ4v) is 3.62. The van der Waals surface area contributed by atoms with Crippen LogP contribution < -0.4 is 9.44 Å². The smallest absolute Gasteiger partial charge is 0.277 e. The number of likely N-dealkylation sites (N-methyl/N-ethyl adjacent to an activating group) is 1. The highest BCUT2D eigenvalue weighted by molar-refractivity contribution is 7.87. The minimum absolute atomic E-state index is 0.247. The molecule has 0 aromatic heterocycles. The van der Waals surface area contributed by atoms with Gasteiger partial charge in [-0.2, -0.15) is 13.1 Å². The van der Waals surface area contributed by atoms with Crippen molar-refractivity contribution in [3.05, 3.63) is 35.9 Å². The van der Waals surface area contributed by atoms with Crippen molar-refractivity contribution in [2.75, 3.05) is 39.8 Å². The number of hydrogen-bond donors (Lipinski definition) is 2. The van der Waals surface area contributed by atoms with Gasteiger partial charge in [-0.05, 0) is 19.0 Å². The molecule has 1 aromatic carbocycles. The van der Waals surface area contributed by atoms with Crippen LogP contribution in [-0.2, 0) is 16.8 Å². The van der Waals surface area contributed by atoms with Gasteiger partial charge in [0.2, 0.25) is 0 Å². The molecule has 1 heterocycles. The Hall–Kier alpha value is -0.990. The highest BCUT2D eigenvalue weighted by atomic mass is 32.2. The minimum Gasteiger partial charge on any atom is -0.304 e. The van der Waals surface area contributed by atoms with Crippen molar-refractivity contribution in [2.45, 2.75) is 25.9 Å². The number of piperazine rings is 1. The van der Waals surface area contributed by atoms with Gasteiger partial charge in [0, 0.05) is 45.3 Å². The molecule has 23 heavy (non-hydrogen) atoms. The van der Waals surface area contributed by atoms with Crippen LogP contribution in [0, 0.1) is 0 Å². The third kappa shape index (κ3) is 6.19. The van der Waals surface area contributed by atoms with Gasteiger partial charge < -0.3 is 4.90 Å². The van der Waals surface area contributed by atoms with Gasteiger partial charge in [0.1, 0.15) is 0 Å². The lowest BCUT2D eigenvalue weighted by Crippen LogP contribution is -2.53. The maximum atomic E-state index is 12.1. The molecule has 130 valence electrons. The lowest BCUT2D eigenvalue weighted by atomic mass is 10.1. The number of nitrogens with one attached hydrogen (secondary N) is 2. The largest absolute Gasteiger partial charge is 0.304 e. The van der Waals surface area contributed by atoms with Crippen LogP contribution in [0.4, 0.5) is 0 Å². The number of nitrogens with zero attached hydrogens (tertiary/aromatic N) is 2. The fourth-order valence-electron chi connectivity index (χ4n) is 2.75. The molecule has 1 atom stereocenters. The maximum absolute atomic E-state index is 12.1. The van der Waals surface area contributed by atoms with E-state index in [0.717, 1.165) is 38.2 Å². The zero-order valence-electron chi connectivity index (χ0n) is 14.0. The van der Waals surface area contributed by atoms with Crippen molar-refractivity contribution in [1.29, 1.82) is 0 Å². The molecule has 1 aromatic rings. The van der Waals surface area contributed by atoms with E-state index < -0.39 is 10.2 Å². The summed E-state index contributed by atoms with van der Waals surface area (Å²) in [5.41, 5.74) is 0.948. The standard InChI is InChI=1S/C16H28N4O2S/c1-3-16(20-11-9-19(2)10-12-20)14-18-23(21,22)17-13-15-7-5-4-6-8-15/h4-8,16-18H,3,9-14H2,1-2H3. The van der Waals surface area contributed by atoms with Crippen molar-refractivity contribution < 1.29 is 8.42 Å². The molecule has 2 rings (SSSR count). The van der Waals surface area contributed by atoms with Crippen molar-refractivity contribution in [1.82, 2.24) is 19.2 Å². The van der Waals surface area contributed by atoms with E-state index in [0.29, 0.717) is 13.1 Å². The van der Waals surface area contributed by atoms with Gasteiger partial charge in [-0.15, -0.1) is 0 Å². The summed E-state index contributed by atoms with van der Waals surface area (Å²) in [6.45, 7) is 6.92. The molecule has 0 bridgehead atoms. The second kappa shape index (κ2) is 8.75. The van der Waals surface area contributed by atoms with Crippen molar-refractivity contribution in [3.63, 3.8) is 0 Å². The third-order valence-electron chi connectivity index (χ3n) is 4.34. The molecule has 1 aliphatic heterocycles. The van der Waals surface area contributed by atoms with E-state index in [4.69, 9.17) is 0 Å². The van der Waals surface area contributed by atoms with Crippen LogP contribution >= 0.6 is 0 Å². The van der Waals surface area contributed by atoms with Gasteiger partial charge in [0.05, 0.1) is 0 Å². The molecule has 0 radical (unpaired) electrons. The Balaban J connectivity index is 1.80. The molecular weight excluding hydrogens is 312 g/mol. The predicted octanol–water partition coefficient (Wildman–Crippen LogP) is 0.637. The second-order valence-corrected chi connectivity index (χ2v) is 7.64. The molecule has 1 fully saturated rings. The van der Waals surface area contributed by atoms with Crippen LogP contribution in [0.5, 0.6) is 0 Å². The predicted molar refractivity (Wildman–Crippen MR) is 93.4 cm³/mol. The van der Waals surface area contributed by atoms with Crippen LogP contribution in [-0.4, -0.2) is 64.0 Å². The maximum Gasteiger partial charge on any atom is 0.277 e. The normalized spacial score (nSPS) is 18.9. The zero-order chi connectivity index (χ0) is 16.7. The van der Waals surface area contributed by atoms with Crippen LogP contribution in [0.15, 0.2) is 30.3 Å². The lowest BCUT2D eigenvalue weighted by molar-refractivity contribution is 0.110. The summed E-state index contributed by atoms with van der Waals surface area (Å²) in [6, 6.07) is 9.77. The van der Waals surface area contributed by atoms with E-state index in [-0.39, 0.29) is 6.04 Å². The van der Waals surface area contributed by atoms with E-state index in [1.165, 1.54) is 0 Å². The van der Waals surface area contributed by atoms with Crippen LogP contribution in [0.2, 0.25) is 0 Å². The van der Waals surface area contributed by atoms with Gasteiger partial charge in [-0.25, -0.2) is 4.72 Å². The van der Waals surface area contributed by atoms with E-state index in [1.54, 1.807) is 0 Å². The first-order valence-corrected chi connectivity index (χ1v) is 9.69. The van der Waals surface area contributed by atoms with Crippen molar-refractivity contribution >= 4 is 10.2 Å². The average molecular weight is 340 g/mol. The molecule has 6 nitrogen and oxygen atoms in total. The van der Waals surface area contributed by atoms with Crippen molar-refractivity contribution in [2.24, 2.45) is 0 Å². The Bertz CT molecular complexity index is 557. The molecule has 1 unspecified atom stereocenters. The minimum atomic E-state index is -3.47. The summed E-state index contributed by atoms with van der Waals surface area (Å²) >= 11 is 0. The van der Waals surface area contributed by atoms with Crippen LogP contribution in [0.25, 0.3) is 0 Å². The molecule has 2 N–H and O–H groups in total. The van der Waals surface area contributed by atoms with Gasteiger partial charge in [0.25, 0.3) is 10.2 Å². The van der Waals surface area contributed by atoms with Gasteiger partial charge in [-0.3, -0.25) is 4.90 Å². The number of hydrogen-bond acceptors (Lipinski definition) is 4. The van der Waals surface area contributed by atoms with E-state index in [9.17, 15) is 8.42 Å². The summed E-state index contributed by atoms with van der Waals surface area (Å²) in [7, 11) is -1.35. The Morgan fingerprint density at radius 1 is 1.09 bits per heavy atom. The Kier molecular flexibility index (Phi) is 6.98. The summed E-state index contributed by atoms with van der Waals surface area (Å²) in [5, 5.41) is 0. The molecule has 1 saturated heterocycles. The molecule has 0 saturated carbocycles. The molecule has 7 heteroatoms. The van der Waals surface area contributed by atoms with Gasteiger partial charge >= 0.3 is 0 Å². The fraction of sp³-hybridized carbons (Fsp3) is 0.625. The first-order valence-electron chi connectivity index (χ1n) is 8.21. The summed E-state index contributed by atoms with van der Waals surface area (Å²) in [5.74, 6) is 0. The Morgan fingerprint density at radius 3 is 2.35 bits per heavy atom. The number of rotatable bonds is 8. The number of benzene rings is 1. The highest BCUT2D eigenvalue weighted by Crippen LogP contribution is 2.08. The summed E-state index contributed by atoms with van der Waals surface area (Å²) in [6.07, 6.45) is 0.935. The zero-order valence-corrected chi connectivity index (χ0v) is 14.8. The topological polar surface area (TPSA) is 64.7 Å².